The van der Waals surface area contributed by atoms with Crippen molar-refractivity contribution in [2.45, 2.75) is 23.3 Å². The summed E-state index contributed by atoms with van der Waals surface area (Å²) in [5, 5.41) is 7.94. The van der Waals surface area contributed by atoms with Crippen LogP contribution in [0.3, 0.4) is 0 Å². The monoisotopic (exact) mass is 275 g/mol. The zero-order valence-electron chi connectivity index (χ0n) is 10.4. The van der Waals surface area contributed by atoms with Crippen molar-refractivity contribution < 1.29 is 0 Å². The van der Waals surface area contributed by atoms with Crippen LogP contribution in [0.2, 0.25) is 0 Å². The van der Waals surface area contributed by atoms with Gasteiger partial charge in [-0.2, -0.15) is 11.3 Å². The molecule has 1 aromatic carbocycles. The van der Waals surface area contributed by atoms with Crippen LogP contribution in [0.1, 0.15) is 17.0 Å². The summed E-state index contributed by atoms with van der Waals surface area (Å²) in [6.07, 6.45) is 1.12. The zero-order valence-corrected chi connectivity index (χ0v) is 12.1. The van der Waals surface area contributed by atoms with Crippen molar-refractivity contribution >= 4 is 23.1 Å². The molecule has 2 atom stereocenters. The summed E-state index contributed by atoms with van der Waals surface area (Å²) in [5.74, 6) is 1.84. The number of fused-ring (bicyclic) bond motifs is 1. The number of benzene rings is 1. The molecule has 0 fully saturated rings. The number of rotatable bonds is 4. The average molecular weight is 275 g/mol. The van der Waals surface area contributed by atoms with Gasteiger partial charge in [0.25, 0.3) is 0 Å². The van der Waals surface area contributed by atoms with E-state index in [2.05, 4.69) is 53.5 Å². The molecule has 18 heavy (non-hydrogen) atoms. The zero-order chi connectivity index (χ0) is 12.4. The fourth-order valence-electron chi connectivity index (χ4n) is 2.63. The van der Waals surface area contributed by atoms with Crippen LogP contribution in [-0.4, -0.2) is 18.8 Å². The van der Waals surface area contributed by atoms with Gasteiger partial charge in [0.2, 0.25) is 0 Å². The van der Waals surface area contributed by atoms with E-state index in [4.69, 9.17) is 0 Å². The van der Waals surface area contributed by atoms with E-state index < -0.39 is 0 Å². The van der Waals surface area contributed by atoms with Gasteiger partial charge in [-0.05, 0) is 47.5 Å². The molecule has 0 aliphatic carbocycles. The van der Waals surface area contributed by atoms with Gasteiger partial charge in [0, 0.05) is 22.6 Å². The molecule has 1 aliphatic rings. The van der Waals surface area contributed by atoms with Gasteiger partial charge in [-0.1, -0.05) is 18.2 Å². The topological polar surface area (TPSA) is 12.0 Å². The Labute approximate surface area is 117 Å². The Hall–Kier alpha value is -0.770. The van der Waals surface area contributed by atoms with Gasteiger partial charge in [-0.25, -0.2) is 0 Å². The van der Waals surface area contributed by atoms with Gasteiger partial charge in [0.15, 0.2) is 0 Å². The predicted octanol–water partition coefficient (Wildman–Crippen LogP) is 3.77. The van der Waals surface area contributed by atoms with Crippen LogP contribution in [0.15, 0.2) is 46.0 Å². The minimum Gasteiger partial charge on any atom is -0.316 e. The van der Waals surface area contributed by atoms with Crippen LogP contribution in [-0.2, 0) is 6.42 Å². The van der Waals surface area contributed by atoms with Gasteiger partial charge in [-0.3, -0.25) is 0 Å². The van der Waals surface area contributed by atoms with E-state index in [1.807, 2.05) is 11.8 Å². The summed E-state index contributed by atoms with van der Waals surface area (Å²) in [6, 6.07) is 11.6. The summed E-state index contributed by atoms with van der Waals surface area (Å²) in [4.78, 5) is 1.47. The summed E-state index contributed by atoms with van der Waals surface area (Å²) in [5.41, 5.74) is 2.98. The highest BCUT2D eigenvalue weighted by Crippen LogP contribution is 2.41. The molecule has 3 rings (SSSR count). The molecule has 1 nitrogen and oxygen atoms in total. The lowest BCUT2D eigenvalue weighted by Crippen LogP contribution is -2.34. The first kappa shape index (κ1) is 12.3. The third-order valence-electron chi connectivity index (χ3n) is 3.63. The number of nitrogens with one attached hydrogen (secondary N) is 1. The quantitative estimate of drug-likeness (QED) is 0.911. The molecule has 1 aromatic heterocycles. The SMILES string of the molecule is CNC(Cc1ccsc1)C1CSc2ccccc21. The van der Waals surface area contributed by atoms with Crippen molar-refractivity contribution in [3.8, 4) is 0 Å². The lowest BCUT2D eigenvalue weighted by atomic mass is 9.90. The molecule has 2 heterocycles. The van der Waals surface area contributed by atoms with Crippen molar-refractivity contribution in [3.05, 3.63) is 52.2 Å². The Morgan fingerprint density at radius 1 is 1.33 bits per heavy atom. The van der Waals surface area contributed by atoms with Gasteiger partial charge in [0.1, 0.15) is 0 Å². The second-order valence-electron chi connectivity index (χ2n) is 4.69. The Bertz CT molecular complexity index is 507. The molecule has 2 aromatic rings. The summed E-state index contributed by atoms with van der Waals surface area (Å²) < 4.78 is 0. The lowest BCUT2D eigenvalue weighted by molar-refractivity contribution is 0.489. The second-order valence-corrected chi connectivity index (χ2v) is 6.53. The van der Waals surface area contributed by atoms with E-state index in [1.165, 1.54) is 21.8 Å². The Balaban J connectivity index is 1.81. The minimum atomic E-state index is 0.538. The van der Waals surface area contributed by atoms with Gasteiger partial charge in [-0.15, -0.1) is 11.8 Å². The van der Waals surface area contributed by atoms with Crippen LogP contribution in [0.25, 0.3) is 0 Å². The van der Waals surface area contributed by atoms with Gasteiger partial charge in [0.05, 0.1) is 0 Å². The molecule has 3 heteroatoms. The number of likely N-dealkylation sites (N-methyl/N-ethyl adjacent to an activating group) is 1. The molecular formula is C15H17NS2. The Morgan fingerprint density at radius 3 is 3.00 bits per heavy atom. The number of hydrogen-bond donors (Lipinski definition) is 1. The first-order valence-electron chi connectivity index (χ1n) is 6.28. The Morgan fingerprint density at radius 2 is 2.22 bits per heavy atom. The molecule has 0 saturated heterocycles. The third kappa shape index (κ3) is 2.35. The van der Waals surface area contributed by atoms with E-state index in [9.17, 15) is 0 Å². The van der Waals surface area contributed by atoms with Crippen molar-refractivity contribution in [3.63, 3.8) is 0 Å². The summed E-state index contributed by atoms with van der Waals surface area (Å²) in [6.45, 7) is 0. The number of hydrogen-bond acceptors (Lipinski definition) is 3. The summed E-state index contributed by atoms with van der Waals surface area (Å²) >= 11 is 3.78. The maximum atomic E-state index is 3.51. The normalized spacial score (nSPS) is 19.7. The van der Waals surface area contributed by atoms with Crippen LogP contribution < -0.4 is 5.32 Å². The average Bonchev–Trinajstić information content (AvgIpc) is 3.05. The van der Waals surface area contributed by atoms with Crippen molar-refractivity contribution in [1.29, 1.82) is 0 Å². The van der Waals surface area contributed by atoms with E-state index in [0.29, 0.717) is 12.0 Å². The summed E-state index contributed by atoms with van der Waals surface area (Å²) in [7, 11) is 2.09. The predicted molar refractivity (Wildman–Crippen MR) is 80.8 cm³/mol. The highest BCUT2D eigenvalue weighted by atomic mass is 32.2. The van der Waals surface area contributed by atoms with E-state index in [-0.39, 0.29) is 0 Å². The molecule has 1 aliphatic heterocycles. The highest BCUT2D eigenvalue weighted by molar-refractivity contribution is 7.99. The fourth-order valence-corrected chi connectivity index (χ4v) is 4.64. The molecule has 94 valence electrons. The third-order valence-corrected chi connectivity index (χ3v) is 5.57. The van der Waals surface area contributed by atoms with Crippen molar-refractivity contribution in [2.75, 3.05) is 12.8 Å². The molecule has 1 N–H and O–H groups in total. The molecule has 0 saturated carbocycles. The number of thioether (sulfide) groups is 1. The first-order chi connectivity index (χ1) is 8.88. The van der Waals surface area contributed by atoms with Gasteiger partial charge < -0.3 is 5.32 Å². The van der Waals surface area contributed by atoms with Gasteiger partial charge >= 0.3 is 0 Å². The molecule has 0 amide bonds. The second kappa shape index (κ2) is 5.47. The number of thiophene rings is 1. The standard InChI is InChI=1S/C15H17NS2/c1-16-14(8-11-6-7-17-9-11)13-10-18-15-5-3-2-4-12(13)15/h2-7,9,13-14,16H,8,10H2,1H3. The van der Waals surface area contributed by atoms with E-state index >= 15 is 0 Å². The fraction of sp³-hybridized carbons (Fsp3) is 0.333. The molecule has 2 unspecified atom stereocenters. The first-order valence-corrected chi connectivity index (χ1v) is 8.21. The molecule has 0 spiro atoms. The van der Waals surface area contributed by atoms with Crippen molar-refractivity contribution in [2.24, 2.45) is 0 Å². The Kier molecular flexibility index (Phi) is 3.73. The van der Waals surface area contributed by atoms with Crippen LogP contribution in [0, 0.1) is 0 Å². The van der Waals surface area contributed by atoms with Crippen molar-refractivity contribution in [1.82, 2.24) is 5.32 Å². The van der Waals surface area contributed by atoms with Crippen LogP contribution in [0.4, 0.5) is 0 Å². The lowest BCUT2D eigenvalue weighted by Gasteiger charge is -2.23. The maximum absolute atomic E-state index is 3.51. The molecular weight excluding hydrogens is 258 g/mol. The highest BCUT2D eigenvalue weighted by Gasteiger charge is 2.29. The molecule has 0 radical (unpaired) electrons. The van der Waals surface area contributed by atoms with Crippen LogP contribution in [0.5, 0.6) is 0 Å². The van der Waals surface area contributed by atoms with Crippen LogP contribution >= 0.6 is 23.1 Å². The largest absolute Gasteiger partial charge is 0.316 e. The molecule has 0 bridgehead atoms. The maximum Gasteiger partial charge on any atom is 0.0182 e. The van der Waals surface area contributed by atoms with E-state index in [0.717, 1.165) is 6.42 Å². The smallest absolute Gasteiger partial charge is 0.0182 e. The minimum absolute atomic E-state index is 0.538. The van der Waals surface area contributed by atoms with E-state index in [1.54, 1.807) is 11.3 Å².